The molecule has 0 bridgehead atoms. The van der Waals surface area contributed by atoms with E-state index in [4.69, 9.17) is 4.74 Å². The van der Waals surface area contributed by atoms with Crippen molar-refractivity contribution < 1.29 is 4.74 Å². The van der Waals surface area contributed by atoms with Crippen LogP contribution in [0, 0.1) is 0 Å². The molecule has 2 nitrogen and oxygen atoms in total. The fourth-order valence-corrected chi connectivity index (χ4v) is 1.18. The maximum atomic E-state index is 5.22. The Kier molecular flexibility index (Phi) is 3.17. The predicted molar refractivity (Wildman–Crippen MR) is 46.3 cm³/mol. The van der Waals surface area contributed by atoms with Gasteiger partial charge < -0.3 is 9.64 Å². The molecule has 0 unspecified atom stereocenters. The third kappa shape index (κ3) is 2.39. The Hall–Kier alpha value is -0.760. The molecule has 1 saturated heterocycles. The fraction of sp³-hybridized carbons (Fsp3) is 0.556. The van der Waals surface area contributed by atoms with Crippen molar-refractivity contribution in [3.63, 3.8) is 0 Å². The van der Waals surface area contributed by atoms with Gasteiger partial charge in [-0.1, -0.05) is 12.7 Å². The van der Waals surface area contributed by atoms with Crippen LogP contribution in [0.4, 0.5) is 0 Å². The molecule has 0 aromatic heterocycles. The summed E-state index contributed by atoms with van der Waals surface area (Å²) in [5, 5.41) is 0. The first kappa shape index (κ1) is 8.34. The van der Waals surface area contributed by atoms with Gasteiger partial charge in [-0.2, -0.15) is 0 Å². The first-order chi connectivity index (χ1) is 5.34. The molecule has 0 aromatic carbocycles. The zero-order chi connectivity index (χ0) is 8.10. The summed E-state index contributed by atoms with van der Waals surface area (Å²) in [6, 6.07) is 0. The van der Waals surface area contributed by atoms with Gasteiger partial charge in [-0.05, 0) is 0 Å². The quantitative estimate of drug-likeness (QED) is 0.568. The van der Waals surface area contributed by atoms with Crippen LogP contribution in [0.15, 0.2) is 24.9 Å². The Morgan fingerprint density at radius 3 is 2.64 bits per heavy atom. The third-order valence-electron chi connectivity index (χ3n) is 1.84. The second kappa shape index (κ2) is 4.19. The highest BCUT2D eigenvalue weighted by molar-refractivity contribution is 4.99. The molecule has 0 atom stereocenters. The second-order valence-corrected chi connectivity index (χ2v) is 2.66. The molecule has 0 aliphatic carbocycles. The normalized spacial score (nSPS) is 18.0. The van der Waals surface area contributed by atoms with Crippen LogP contribution in [0.5, 0.6) is 0 Å². The van der Waals surface area contributed by atoms with Crippen LogP contribution in [0.25, 0.3) is 0 Å². The summed E-state index contributed by atoms with van der Waals surface area (Å²) in [4.78, 5) is 2.26. The van der Waals surface area contributed by atoms with Gasteiger partial charge in [0, 0.05) is 25.2 Å². The number of morpholine rings is 1. The number of rotatable bonds is 3. The highest BCUT2D eigenvalue weighted by atomic mass is 16.5. The lowest BCUT2D eigenvalue weighted by atomic mass is 10.3. The van der Waals surface area contributed by atoms with Crippen LogP contribution in [0.2, 0.25) is 0 Å². The minimum atomic E-state index is 0.830. The highest BCUT2D eigenvalue weighted by Gasteiger charge is 2.09. The smallest absolute Gasteiger partial charge is 0.0642 e. The van der Waals surface area contributed by atoms with Gasteiger partial charge in [0.15, 0.2) is 0 Å². The second-order valence-electron chi connectivity index (χ2n) is 2.66. The molecule has 0 N–H and O–H groups in total. The maximum absolute atomic E-state index is 5.22. The zero-order valence-electron chi connectivity index (χ0n) is 6.88. The lowest BCUT2D eigenvalue weighted by molar-refractivity contribution is 0.0530. The van der Waals surface area contributed by atoms with Crippen LogP contribution < -0.4 is 0 Å². The monoisotopic (exact) mass is 153 g/mol. The standard InChI is InChI=1S/C9H15NO/c1-3-4-9(2)10-5-7-11-8-6-10/h3H,1-2,4-8H2. The molecule has 62 valence electrons. The molecular weight excluding hydrogens is 138 g/mol. The summed E-state index contributed by atoms with van der Waals surface area (Å²) in [5.74, 6) is 0. The van der Waals surface area contributed by atoms with Crippen LogP contribution in [0.1, 0.15) is 6.42 Å². The van der Waals surface area contributed by atoms with E-state index >= 15 is 0 Å². The Labute approximate surface area is 68.1 Å². The van der Waals surface area contributed by atoms with Gasteiger partial charge in [0.25, 0.3) is 0 Å². The molecule has 1 heterocycles. The van der Waals surface area contributed by atoms with Gasteiger partial charge in [0.05, 0.1) is 13.2 Å². The van der Waals surface area contributed by atoms with Crippen molar-refractivity contribution in [3.05, 3.63) is 24.9 Å². The maximum Gasteiger partial charge on any atom is 0.0642 e. The molecule has 0 amide bonds. The number of allylic oxidation sites excluding steroid dienone is 1. The van der Waals surface area contributed by atoms with Crippen LogP contribution in [0.3, 0.4) is 0 Å². The van der Waals surface area contributed by atoms with Crippen molar-refractivity contribution in [1.82, 2.24) is 4.90 Å². The topological polar surface area (TPSA) is 12.5 Å². The van der Waals surface area contributed by atoms with Gasteiger partial charge in [-0.15, -0.1) is 6.58 Å². The van der Waals surface area contributed by atoms with E-state index < -0.39 is 0 Å². The lowest BCUT2D eigenvalue weighted by Crippen LogP contribution is -2.35. The van der Waals surface area contributed by atoms with E-state index in [0.717, 1.165) is 38.4 Å². The predicted octanol–water partition coefficient (Wildman–Crippen LogP) is 1.41. The van der Waals surface area contributed by atoms with Crippen molar-refractivity contribution >= 4 is 0 Å². The van der Waals surface area contributed by atoms with Crippen LogP contribution in [-0.4, -0.2) is 31.2 Å². The molecule has 0 saturated carbocycles. The minimum absolute atomic E-state index is 0.830. The molecule has 1 aliphatic heterocycles. The van der Waals surface area contributed by atoms with Crippen LogP contribution in [-0.2, 0) is 4.74 Å². The lowest BCUT2D eigenvalue weighted by Gasteiger charge is -2.29. The molecule has 1 fully saturated rings. The molecule has 0 aromatic rings. The van der Waals surface area contributed by atoms with Crippen molar-refractivity contribution in [1.29, 1.82) is 0 Å². The van der Waals surface area contributed by atoms with Crippen molar-refractivity contribution in [2.75, 3.05) is 26.3 Å². The van der Waals surface area contributed by atoms with Crippen molar-refractivity contribution in [2.24, 2.45) is 0 Å². The SMILES string of the molecule is C=CCC(=C)N1CCOCC1. The summed E-state index contributed by atoms with van der Waals surface area (Å²) in [5.41, 5.74) is 1.16. The largest absolute Gasteiger partial charge is 0.378 e. The van der Waals surface area contributed by atoms with E-state index in [1.807, 2.05) is 6.08 Å². The average Bonchev–Trinajstić information content (AvgIpc) is 2.07. The van der Waals surface area contributed by atoms with E-state index in [2.05, 4.69) is 18.1 Å². The Bertz CT molecular complexity index is 148. The third-order valence-corrected chi connectivity index (χ3v) is 1.84. The van der Waals surface area contributed by atoms with Gasteiger partial charge in [0.2, 0.25) is 0 Å². The summed E-state index contributed by atoms with van der Waals surface area (Å²) >= 11 is 0. The molecule has 1 rings (SSSR count). The summed E-state index contributed by atoms with van der Waals surface area (Å²) in [6.45, 7) is 11.3. The van der Waals surface area contributed by atoms with E-state index in [0.29, 0.717) is 0 Å². The van der Waals surface area contributed by atoms with Crippen LogP contribution >= 0.6 is 0 Å². The number of hydrogen-bond acceptors (Lipinski definition) is 2. The van der Waals surface area contributed by atoms with E-state index in [-0.39, 0.29) is 0 Å². The van der Waals surface area contributed by atoms with Gasteiger partial charge in [-0.3, -0.25) is 0 Å². The first-order valence-corrected chi connectivity index (χ1v) is 3.96. The highest BCUT2D eigenvalue weighted by Crippen LogP contribution is 2.08. The number of ether oxygens (including phenoxy) is 1. The number of hydrogen-bond donors (Lipinski definition) is 0. The minimum Gasteiger partial charge on any atom is -0.378 e. The van der Waals surface area contributed by atoms with Gasteiger partial charge >= 0.3 is 0 Å². The summed E-state index contributed by atoms with van der Waals surface area (Å²) in [7, 11) is 0. The Morgan fingerprint density at radius 1 is 1.45 bits per heavy atom. The number of nitrogens with zero attached hydrogens (tertiary/aromatic N) is 1. The summed E-state index contributed by atoms with van der Waals surface area (Å²) in [6.07, 6.45) is 2.78. The zero-order valence-corrected chi connectivity index (χ0v) is 6.88. The van der Waals surface area contributed by atoms with Crippen molar-refractivity contribution in [2.45, 2.75) is 6.42 Å². The molecule has 0 spiro atoms. The molecule has 2 heteroatoms. The Morgan fingerprint density at radius 2 is 2.09 bits per heavy atom. The summed E-state index contributed by atoms with van der Waals surface area (Å²) < 4.78 is 5.22. The molecular formula is C9H15NO. The fourth-order valence-electron chi connectivity index (χ4n) is 1.18. The Balaban J connectivity index is 2.32. The molecule has 11 heavy (non-hydrogen) atoms. The van der Waals surface area contributed by atoms with E-state index in [9.17, 15) is 0 Å². The van der Waals surface area contributed by atoms with Crippen molar-refractivity contribution in [3.8, 4) is 0 Å². The van der Waals surface area contributed by atoms with Gasteiger partial charge in [0.1, 0.15) is 0 Å². The first-order valence-electron chi connectivity index (χ1n) is 3.96. The van der Waals surface area contributed by atoms with E-state index in [1.54, 1.807) is 0 Å². The molecule has 0 radical (unpaired) electrons. The van der Waals surface area contributed by atoms with Gasteiger partial charge in [-0.25, -0.2) is 0 Å². The van der Waals surface area contributed by atoms with E-state index in [1.165, 1.54) is 0 Å². The molecule has 1 aliphatic rings. The average molecular weight is 153 g/mol.